The largest absolute Gasteiger partial charge is 0.312 e. The van der Waals surface area contributed by atoms with Gasteiger partial charge in [-0.05, 0) is 0 Å². The fraction of sp³-hybridized carbons (Fsp3) is 0.500. The molecule has 34 valence electrons. The van der Waals surface area contributed by atoms with Gasteiger partial charge >= 0.3 is 0 Å². The van der Waals surface area contributed by atoms with Crippen molar-refractivity contribution in [1.82, 2.24) is 0 Å². The summed E-state index contributed by atoms with van der Waals surface area (Å²) in [6.45, 7) is 1.67. The molecule has 0 rings (SSSR count). The van der Waals surface area contributed by atoms with Crippen molar-refractivity contribution in [3.8, 4) is 0 Å². The number of hydrogen-bond donors (Lipinski definition) is 1. The molecule has 0 heterocycles. The minimum absolute atomic E-state index is 0.204. The lowest BCUT2D eigenvalue weighted by atomic mass is 10.2. The Bertz CT molecular complexity index is 52.6. The van der Waals surface area contributed by atoms with Crippen LogP contribution < -0.4 is 0 Å². The zero-order chi connectivity index (χ0) is 4.99. The molecule has 6 heavy (non-hydrogen) atoms. The lowest BCUT2D eigenvalue weighted by Crippen LogP contribution is -1.93. The van der Waals surface area contributed by atoms with E-state index in [9.17, 15) is 4.79 Å². The molecule has 0 aromatic heterocycles. The highest BCUT2D eigenvalue weighted by atomic mass is 16.1. The second-order valence-electron chi connectivity index (χ2n) is 1.16. The van der Waals surface area contributed by atoms with Crippen LogP contribution in [0.1, 0.15) is 6.92 Å². The Balaban J connectivity index is 3.21. The summed E-state index contributed by atoms with van der Waals surface area (Å²) in [5.74, 6) is -0.204. The first-order valence-corrected chi connectivity index (χ1v) is 1.77. The summed E-state index contributed by atoms with van der Waals surface area (Å²) in [6, 6.07) is 0. The van der Waals surface area contributed by atoms with E-state index < -0.39 is 0 Å². The first-order chi connectivity index (χ1) is 2.81. The van der Waals surface area contributed by atoms with E-state index in [-0.39, 0.29) is 5.92 Å². The van der Waals surface area contributed by atoms with E-state index in [2.05, 4.69) is 0 Å². The third kappa shape index (κ3) is 1.64. The molecule has 0 aromatic rings. The topological polar surface area (TPSA) is 40.9 Å². The predicted octanol–water partition coefficient (Wildman–Crippen LogP) is 0.471. The first-order valence-electron chi connectivity index (χ1n) is 1.77. The molecule has 0 fully saturated rings. The average molecular weight is 85.1 g/mol. The molecule has 0 aromatic carbocycles. The van der Waals surface area contributed by atoms with Crippen molar-refractivity contribution in [2.24, 2.45) is 5.92 Å². The Morgan fingerprint density at radius 1 is 1.83 bits per heavy atom. The van der Waals surface area contributed by atoms with Gasteiger partial charge in [-0.15, -0.1) is 0 Å². The van der Waals surface area contributed by atoms with Crippen molar-refractivity contribution in [1.29, 1.82) is 5.41 Å². The highest BCUT2D eigenvalue weighted by Crippen LogP contribution is 1.76. The molecule has 0 bridgehead atoms. The van der Waals surface area contributed by atoms with E-state index in [1.54, 1.807) is 6.92 Å². The summed E-state index contributed by atoms with van der Waals surface area (Å²) in [4.78, 5) is 9.58. The van der Waals surface area contributed by atoms with Crippen LogP contribution >= 0.6 is 0 Å². The molecule has 1 N–H and O–H groups in total. The zero-order valence-corrected chi connectivity index (χ0v) is 3.64. The maximum absolute atomic E-state index is 9.58. The van der Waals surface area contributed by atoms with Gasteiger partial charge in [-0.3, -0.25) is 0 Å². The van der Waals surface area contributed by atoms with Crippen LogP contribution in [0.15, 0.2) is 0 Å². The van der Waals surface area contributed by atoms with Gasteiger partial charge in [0.1, 0.15) is 6.29 Å². The maximum atomic E-state index is 9.58. The van der Waals surface area contributed by atoms with E-state index in [4.69, 9.17) is 5.41 Å². The summed E-state index contributed by atoms with van der Waals surface area (Å²) >= 11 is 0. The monoisotopic (exact) mass is 85.1 g/mol. The van der Waals surface area contributed by atoms with Crippen molar-refractivity contribution < 1.29 is 4.79 Å². The van der Waals surface area contributed by atoms with Gasteiger partial charge in [0, 0.05) is 12.1 Å². The van der Waals surface area contributed by atoms with Gasteiger partial charge < -0.3 is 10.2 Å². The Labute approximate surface area is 36.7 Å². The maximum Gasteiger partial charge on any atom is 0.128 e. The number of nitrogens with one attached hydrogen (secondary N) is 1. The van der Waals surface area contributed by atoms with Crippen LogP contribution in [0.5, 0.6) is 0 Å². The van der Waals surface area contributed by atoms with E-state index in [0.717, 1.165) is 12.5 Å². The van der Waals surface area contributed by atoms with Crippen molar-refractivity contribution in [3.63, 3.8) is 0 Å². The summed E-state index contributed by atoms with van der Waals surface area (Å²) in [5, 5.41) is 6.45. The Hall–Kier alpha value is -0.660. The molecule has 2 nitrogen and oxygen atoms in total. The lowest BCUT2D eigenvalue weighted by molar-refractivity contribution is -0.109. The molecule has 0 amide bonds. The van der Waals surface area contributed by atoms with Crippen LogP contribution in [0.25, 0.3) is 0 Å². The van der Waals surface area contributed by atoms with Crippen LogP contribution in [0, 0.1) is 11.3 Å². The molecular weight excluding hydrogens is 78.0 g/mol. The van der Waals surface area contributed by atoms with Gasteiger partial charge in [0.05, 0.1) is 0 Å². The van der Waals surface area contributed by atoms with Crippen molar-refractivity contribution in [2.45, 2.75) is 6.92 Å². The predicted molar refractivity (Wildman–Crippen MR) is 24.0 cm³/mol. The number of hydrogen-bond acceptors (Lipinski definition) is 2. The van der Waals surface area contributed by atoms with Crippen LogP contribution in [0.2, 0.25) is 0 Å². The smallest absolute Gasteiger partial charge is 0.128 e. The molecular formula is C4H7NO. The Morgan fingerprint density at radius 2 is 2.33 bits per heavy atom. The highest BCUT2D eigenvalue weighted by molar-refractivity contribution is 5.77. The lowest BCUT2D eigenvalue weighted by Gasteiger charge is -1.81. The minimum Gasteiger partial charge on any atom is -0.312 e. The molecule has 0 aliphatic heterocycles. The van der Waals surface area contributed by atoms with Gasteiger partial charge in [0.2, 0.25) is 0 Å². The molecule has 1 atom stereocenters. The average Bonchev–Trinajstić information content (AvgIpc) is 1.65. The third-order valence-electron chi connectivity index (χ3n) is 0.478. The Morgan fingerprint density at radius 3 is 2.33 bits per heavy atom. The molecule has 0 aliphatic rings. The molecule has 0 saturated heterocycles. The van der Waals surface area contributed by atoms with Gasteiger partial charge in [-0.2, -0.15) is 0 Å². The molecule has 0 radical (unpaired) electrons. The number of carbonyl (C=O) groups is 1. The first kappa shape index (κ1) is 5.34. The van der Waals surface area contributed by atoms with Crippen molar-refractivity contribution in [2.75, 3.05) is 0 Å². The quantitative estimate of drug-likeness (QED) is 0.384. The number of rotatable bonds is 2. The van der Waals surface area contributed by atoms with E-state index in [1.807, 2.05) is 0 Å². The number of carbonyl (C=O) groups excluding carboxylic acids is 1. The van der Waals surface area contributed by atoms with Crippen molar-refractivity contribution >= 4 is 12.5 Å². The van der Waals surface area contributed by atoms with E-state index in [1.165, 1.54) is 0 Å². The third-order valence-corrected chi connectivity index (χ3v) is 0.478. The van der Waals surface area contributed by atoms with Gasteiger partial charge in [0.25, 0.3) is 0 Å². The van der Waals surface area contributed by atoms with Crippen LogP contribution in [0.4, 0.5) is 0 Å². The summed E-state index contributed by atoms with van der Waals surface area (Å²) in [5.41, 5.74) is 0. The minimum atomic E-state index is -0.204. The summed E-state index contributed by atoms with van der Waals surface area (Å²) < 4.78 is 0. The van der Waals surface area contributed by atoms with Crippen LogP contribution in [-0.2, 0) is 4.79 Å². The molecule has 2 heteroatoms. The number of aldehydes is 1. The second kappa shape index (κ2) is 2.57. The molecule has 0 spiro atoms. The van der Waals surface area contributed by atoms with Gasteiger partial charge in [-0.25, -0.2) is 0 Å². The van der Waals surface area contributed by atoms with Gasteiger partial charge in [0.15, 0.2) is 0 Å². The zero-order valence-electron chi connectivity index (χ0n) is 3.64. The van der Waals surface area contributed by atoms with Crippen molar-refractivity contribution in [3.05, 3.63) is 0 Å². The summed E-state index contributed by atoms with van der Waals surface area (Å²) in [6.07, 6.45) is 1.83. The summed E-state index contributed by atoms with van der Waals surface area (Å²) in [7, 11) is 0. The fourth-order valence-corrected chi connectivity index (χ4v) is 0.0393. The standard InChI is InChI=1S/C4H7NO/c1-4(2-5)3-6/h2-5H,1H3/t4-/m1/s1. The van der Waals surface area contributed by atoms with E-state index in [0.29, 0.717) is 0 Å². The van der Waals surface area contributed by atoms with Gasteiger partial charge in [-0.1, -0.05) is 6.92 Å². The van der Waals surface area contributed by atoms with E-state index >= 15 is 0 Å². The second-order valence-corrected chi connectivity index (χ2v) is 1.16. The fourth-order valence-electron chi connectivity index (χ4n) is 0.0393. The highest BCUT2D eigenvalue weighted by Gasteiger charge is 1.86. The molecule has 0 aliphatic carbocycles. The molecule has 0 unspecified atom stereocenters. The normalized spacial score (nSPS) is 12.8. The van der Waals surface area contributed by atoms with Crippen LogP contribution in [-0.4, -0.2) is 12.5 Å². The van der Waals surface area contributed by atoms with Crippen LogP contribution in [0.3, 0.4) is 0 Å². The molecule has 0 saturated carbocycles. The SMILES string of the molecule is C[C@H](C=N)C=O. The Kier molecular flexibility index (Phi) is 2.29.